The molecule has 0 spiro atoms. The lowest BCUT2D eigenvalue weighted by Crippen LogP contribution is -2.38. The third-order valence-corrected chi connectivity index (χ3v) is 7.06. The summed E-state index contributed by atoms with van der Waals surface area (Å²) in [6.45, 7) is 11.4. The van der Waals surface area contributed by atoms with Crippen LogP contribution in [-0.2, 0) is 4.79 Å². The van der Waals surface area contributed by atoms with Crippen LogP contribution in [0.3, 0.4) is 0 Å². The summed E-state index contributed by atoms with van der Waals surface area (Å²) in [7, 11) is 0. The SMILES string of the molecule is CCN(CC)CCN(C(=O)/C=C/c1ccc([N+](=O)[O-])s1)c1nc2c(C)cc(C)cc2s1. The first-order chi connectivity index (χ1) is 14.8. The third-order valence-electron chi connectivity index (χ3n) is 5.03. The second kappa shape index (κ2) is 10.1. The van der Waals surface area contributed by atoms with Gasteiger partial charge in [0, 0.05) is 30.1 Å². The highest BCUT2D eigenvalue weighted by Gasteiger charge is 2.20. The summed E-state index contributed by atoms with van der Waals surface area (Å²) in [4.78, 5) is 33.0. The van der Waals surface area contributed by atoms with Gasteiger partial charge in [0.2, 0.25) is 0 Å². The van der Waals surface area contributed by atoms with Crippen LogP contribution in [-0.4, -0.2) is 46.9 Å². The quantitative estimate of drug-likeness (QED) is 0.248. The Morgan fingerprint density at radius 1 is 1.16 bits per heavy atom. The van der Waals surface area contributed by atoms with Gasteiger partial charge in [-0.05, 0) is 56.3 Å². The monoisotopic (exact) mass is 458 g/mol. The van der Waals surface area contributed by atoms with Crippen LogP contribution in [0.1, 0.15) is 29.9 Å². The van der Waals surface area contributed by atoms with Crippen molar-refractivity contribution in [3.63, 3.8) is 0 Å². The van der Waals surface area contributed by atoms with E-state index in [4.69, 9.17) is 4.98 Å². The molecular formula is C22H26N4O3S2. The summed E-state index contributed by atoms with van der Waals surface area (Å²) in [5.41, 5.74) is 3.18. The number of thiazole rings is 1. The van der Waals surface area contributed by atoms with Crippen LogP contribution in [0.5, 0.6) is 0 Å². The highest BCUT2D eigenvalue weighted by molar-refractivity contribution is 7.22. The van der Waals surface area contributed by atoms with Gasteiger partial charge < -0.3 is 4.90 Å². The molecule has 0 aliphatic heterocycles. The van der Waals surface area contributed by atoms with Crippen LogP contribution < -0.4 is 4.90 Å². The maximum absolute atomic E-state index is 13.1. The molecule has 0 saturated carbocycles. The summed E-state index contributed by atoms with van der Waals surface area (Å²) in [5.74, 6) is -0.184. The van der Waals surface area contributed by atoms with E-state index in [0.29, 0.717) is 16.6 Å². The molecule has 0 bridgehead atoms. The van der Waals surface area contributed by atoms with Crippen molar-refractivity contribution in [3.05, 3.63) is 56.5 Å². The van der Waals surface area contributed by atoms with E-state index in [1.807, 2.05) is 6.92 Å². The van der Waals surface area contributed by atoms with Crippen LogP contribution in [0.25, 0.3) is 16.3 Å². The van der Waals surface area contributed by atoms with Crippen LogP contribution in [0, 0.1) is 24.0 Å². The molecule has 0 aliphatic rings. The highest BCUT2D eigenvalue weighted by atomic mass is 32.1. The van der Waals surface area contributed by atoms with Gasteiger partial charge >= 0.3 is 5.00 Å². The molecule has 3 aromatic rings. The van der Waals surface area contributed by atoms with E-state index in [-0.39, 0.29) is 10.9 Å². The zero-order chi connectivity index (χ0) is 22.5. The van der Waals surface area contributed by atoms with Gasteiger partial charge in [0.25, 0.3) is 5.91 Å². The lowest BCUT2D eigenvalue weighted by atomic mass is 10.1. The number of thiophene rings is 1. The Bertz CT molecular complexity index is 1120. The molecule has 1 amide bonds. The van der Waals surface area contributed by atoms with Crippen molar-refractivity contribution in [2.45, 2.75) is 27.7 Å². The van der Waals surface area contributed by atoms with Crippen LogP contribution >= 0.6 is 22.7 Å². The number of aromatic nitrogens is 1. The van der Waals surface area contributed by atoms with E-state index in [1.54, 1.807) is 17.0 Å². The van der Waals surface area contributed by atoms with Crippen molar-refractivity contribution >= 4 is 55.0 Å². The molecule has 0 radical (unpaired) electrons. The van der Waals surface area contributed by atoms with Gasteiger partial charge in [-0.1, -0.05) is 42.6 Å². The Morgan fingerprint density at radius 3 is 2.55 bits per heavy atom. The van der Waals surface area contributed by atoms with Gasteiger partial charge in [-0.15, -0.1) is 0 Å². The fourth-order valence-electron chi connectivity index (χ4n) is 3.33. The molecule has 9 heteroatoms. The normalized spacial score (nSPS) is 11.6. The van der Waals surface area contributed by atoms with Crippen molar-refractivity contribution in [2.24, 2.45) is 0 Å². The molecule has 2 aromatic heterocycles. The highest BCUT2D eigenvalue weighted by Crippen LogP contribution is 2.32. The average molecular weight is 459 g/mol. The van der Waals surface area contributed by atoms with Gasteiger partial charge in [0.1, 0.15) is 0 Å². The first kappa shape index (κ1) is 23.1. The predicted octanol–water partition coefficient (Wildman–Crippen LogP) is 5.27. The number of aryl methyl sites for hydroxylation is 2. The Hall–Kier alpha value is -2.62. The number of carbonyl (C=O) groups excluding carboxylic acids is 1. The average Bonchev–Trinajstić information content (AvgIpc) is 3.37. The molecule has 0 unspecified atom stereocenters. The van der Waals surface area contributed by atoms with Crippen molar-refractivity contribution in [1.82, 2.24) is 9.88 Å². The molecule has 3 rings (SSSR count). The lowest BCUT2D eigenvalue weighted by Gasteiger charge is -2.23. The van der Waals surface area contributed by atoms with Gasteiger partial charge in [-0.2, -0.15) is 0 Å². The maximum Gasteiger partial charge on any atom is 0.324 e. The number of benzene rings is 1. The Labute approximate surface area is 189 Å². The Kier molecular flexibility index (Phi) is 7.53. The molecule has 2 heterocycles. The van der Waals surface area contributed by atoms with E-state index in [0.717, 1.165) is 46.8 Å². The zero-order valence-electron chi connectivity index (χ0n) is 18.1. The van der Waals surface area contributed by atoms with E-state index in [2.05, 4.69) is 37.8 Å². The first-order valence-electron chi connectivity index (χ1n) is 10.2. The number of anilines is 1. The number of nitrogens with zero attached hydrogens (tertiary/aromatic N) is 4. The minimum atomic E-state index is -0.425. The number of fused-ring (bicyclic) bond motifs is 1. The van der Waals surface area contributed by atoms with Crippen molar-refractivity contribution in [1.29, 1.82) is 0 Å². The fourth-order valence-corrected chi connectivity index (χ4v) is 5.23. The van der Waals surface area contributed by atoms with E-state index < -0.39 is 4.92 Å². The minimum absolute atomic E-state index is 0.0579. The van der Waals surface area contributed by atoms with E-state index in [9.17, 15) is 14.9 Å². The summed E-state index contributed by atoms with van der Waals surface area (Å²) in [6, 6.07) is 7.29. The molecule has 0 N–H and O–H groups in total. The standard InChI is InChI=1S/C22H26N4O3S2/c1-5-24(6-2)11-12-25(19(27)9-7-17-8-10-20(30-17)26(28)29)22-23-21-16(4)13-15(3)14-18(21)31-22/h7-10,13-14H,5-6,11-12H2,1-4H3/b9-7+. The van der Waals surface area contributed by atoms with Crippen molar-refractivity contribution < 1.29 is 9.72 Å². The molecule has 0 atom stereocenters. The summed E-state index contributed by atoms with van der Waals surface area (Å²) >= 11 is 2.56. The van der Waals surface area contributed by atoms with Gasteiger partial charge in [0.05, 0.1) is 15.1 Å². The molecular weight excluding hydrogens is 432 g/mol. The van der Waals surface area contributed by atoms with Crippen LogP contribution in [0.2, 0.25) is 0 Å². The number of likely N-dealkylation sites (N-methyl/N-ethyl adjacent to an activating group) is 1. The lowest BCUT2D eigenvalue weighted by molar-refractivity contribution is -0.380. The number of hydrogen-bond donors (Lipinski definition) is 0. The largest absolute Gasteiger partial charge is 0.324 e. The minimum Gasteiger partial charge on any atom is -0.302 e. The first-order valence-corrected chi connectivity index (χ1v) is 11.8. The second-order valence-corrected chi connectivity index (χ2v) is 9.31. The van der Waals surface area contributed by atoms with Crippen LogP contribution in [0.15, 0.2) is 30.3 Å². The van der Waals surface area contributed by atoms with E-state index >= 15 is 0 Å². The maximum atomic E-state index is 13.1. The number of hydrogen-bond acceptors (Lipinski definition) is 7. The van der Waals surface area contributed by atoms with E-state index in [1.165, 1.54) is 29.0 Å². The van der Waals surface area contributed by atoms with Crippen molar-refractivity contribution in [2.75, 3.05) is 31.1 Å². The molecule has 7 nitrogen and oxygen atoms in total. The molecule has 1 aromatic carbocycles. The number of amides is 1. The summed E-state index contributed by atoms with van der Waals surface area (Å²) in [5, 5.41) is 11.6. The van der Waals surface area contributed by atoms with Crippen molar-refractivity contribution in [3.8, 4) is 0 Å². The van der Waals surface area contributed by atoms with Gasteiger partial charge in [0.15, 0.2) is 5.13 Å². The summed E-state index contributed by atoms with van der Waals surface area (Å²) in [6.07, 6.45) is 3.11. The Morgan fingerprint density at radius 2 is 1.90 bits per heavy atom. The summed E-state index contributed by atoms with van der Waals surface area (Å²) < 4.78 is 1.06. The Balaban J connectivity index is 1.89. The third kappa shape index (κ3) is 5.55. The molecule has 0 fully saturated rings. The number of nitro groups is 1. The molecule has 0 aliphatic carbocycles. The topological polar surface area (TPSA) is 79.6 Å². The predicted molar refractivity (Wildman–Crippen MR) is 129 cm³/mol. The zero-order valence-corrected chi connectivity index (χ0v) is 19.8. The van der Waals surface area contributed by atoms with Gasteiger partial charge in [-0.25, -0.2) is 4.98 Å². The number of rotatable bonds is 9. The molecule has 164 valence electrons. The second-order valence-electron chi connectivity index (χ2n) is 7.21. The smallest absolute Gasteiger partial charge is 0.302 e. The number of carbonyl (C=O) groups is 1. The molecule has 31 heavy (non-hydrogen) atoms. The van der Waals surface area contributed by atoms with Gasteiger partial charge in [-0.3, -0.25) is 19.8 Å². The molecule has 0 saturated heterocycles. The van der Waals surface area contributed by atoms with Crippen LogP contribution in [0.4, 0.5) is 10.1 Å². The fraction of sp³-hybridized carbons (Fsp3) is 0.364.